The average Bonchev–Trinajstić information content (AvgIpc) is 2.56. The molecule has 1 amide bonds. The molecule has 2 aromatic rings. The minimum Gasteiger partial charge on any atom is -0.317 e. The van der Waals surface area contributed by atoms with Crippen molar-refractivity contribution in [2.45, 2.75) is 0 Å². The van der Waals surface area contributed by atoms with Gasteiger partial charge < -0.3 is 5.32 Å². The molecule has 24 heavy (non-hydrogen) atoms. The van der Waals surface area contributed by atoms with Crippen LogP contribution >= 0.6 is 23.2 Å². The minimum atomic E-state index is -2.31. The van der Waals surface area contributed by atoms with Crippen molar-refractivity contribution >= 4 is 40.9 Å². The van der Waals surface area contributed by atoms with E-state index in [0.717, 1.165) is 6.08 Å². The predicted octanol–water partition coefficient (Wildman–Crippen LogP) is 5.34. The highest BCUT2D eigenvalue weighted by molar-refractivity contribution is 6.42. The minimum absolute atomic E-state index is 0.207. The van der Waals surface area contributed by atoms with E-state index in [-0.39, 0.29) is 10.0 Å². The maximum Gasteiger partial charge on any atom is 0.248 e. The van der Waals surface area contributed by atoms with Crippen LogP contribution in [-0.2, 0) is 4.79 Å². The second kappa shape index (κ2) is 7.19. The molecule has 0 saturated carbocycles. The van der Waals surface area contributed by atoms with E-state index in [0.29, 0.717) is 5.56 Å². The van der Waals surface area contributed by atoms with Crippen molar-refractivity contribution in [1.82, 2.24) is 0 Å². The third kappa shape index (κ3) is 3.68. The van der Waals surface area contributed by atoms with E-state index >= 15 is 0 Å². The van der Waals surface area contributed by atoms with Crippen LogP contribution in [0.2, 0.25) is 10.0 Å². The number of anilines is 1. The van der Waals surface area contributed by atoms with Crippen molar-refractivity contribution in [3.05, 3.63) is 69.0 Å². The van der Waals surface area contributed by atoms with Crippen LogP contribution in [0.3, 0.4) is 0 Å². The molecule has 0 atom stereocenters. The lowest BCUT2D eigenvalue weighted by atomic mass is 10.2. The average molecular weight is 382 g/mol. The van der Waals surface area contributed by atoms with E-state index in [1.807, 2.05) is 0 Å². The Morgan fingerprint density at radius 2 is 1.42 bits per heavy atom. The number of halogens is 7. The zero-order valence-corrected chi connectivity index (χ0v) is 13.0. The highest BCUT2D eigenvalue weighted by atomic mass is 35.5. The summed E-state index contributed by atoms with van der Waals surface area (Å²) in [5.74, 6) is -12.0. The quantitative estimate of drug-likeness (QED) is 0.330. The van der Waals surface area contributed by atoms with Gasteiger partial charge in [0, 0.05) is 6.08 Å². The number of benzene rings is 2. The van der Waals surface area contributed by atoms with Crippen molar-refractivity contribution in [3.8, 4) is 0 Å². The SMILES string of the molecule is O=C(C=Cc1ccc(Cl)c(Cl)c1)Nc1c(F)c(F)c(F)c(F)c1F. The maximum absolute atomic E-state index is 13.4. The summed E-state index contributed by atoms with van der Waals surface area (Å²) in [5.41, 5.74) is -1.01. The van der Waals surface area contributed by atoms with Gasteiger partial charge in [0.05, 0.1) is 10.0 Å². The van der Waals surface area contributed by atoms with Gasteiger partial charge >= 0.3 is 0 Å². The Hall–Kier alpha value is -2.12. The van der Waals surface area contributed by atoms with E-state index in [2.05, 4.69) is 0 Å². The van der Waals surface area contributed by atoms with Gasteiger partial charge in [0.1, 0.15) is 5.69 Å². The fourth-order valence-corrected chi connectivity index (χ4v) is 1.97. The smallest absolute Gasteiger partial charge is 0.248 e. The standard InChI is InChI=1S/C15H6Cl2F5NO/c16-7-3-1-6(5-8(7)17)2-4-9(24)23-15-13(21)11(19)10(18)12(20)14(15)22/h1-5H,(H,23,24). The second-order valence-corrected chi connectivity index (χ2v) is 5.26. The fourth-order valence-electron chi connectivity index (χ4n) is 1.67. The van der Waals surface area contributed by atoms with Gasteiger partial charge in [-0.2, -0.15) is 0 Å². The molecule has 9 heteroatoms. The third-order valence-corrected chi connectivity index (χ3v) is 3.57. The molecule has 2 rings (SSSR count). The first-order chi connectivity index (χ1) is 11.2. The Kier molecular flexibility index (Phi) is 5.46. The highest BCUT2D eigenvalue weighted by Crippen LogP contribution is 2.27. The summed E-state index contributed by atoms with van der Waals surface area (Å²) < 4.78 is 65.8. The number of amides is 1. The zero-order chi connectivity index (χ0) is 18.0. The third-order valence-electron chi connectivity index (χ3n) is 2.83. The number of hydrogen-bond acceptors (Lipinski definition) is 1. The molecule has 0 aliphatic rings. The van der Waals surface area contributed by atoms with Crippen molar-refractivity contribution in [2.75, 3.05) is 5.32 Å². The molecule has 0 saturated heterocycles. The largest absolute Gasteiger partial charge is 0.317 e. The van der Waals surface area contributed by atoms with Gasteiger partial charge in [-0.25, -0.2) is 22.0 Å². The van der Waals surface area contributed by atoms with Gasteiger partial charge in [0.15, 0.2) is 23.3 Å². The van der Waals surface area contributed by atoms with Crippen molar-refractivity contribution < 1.29 is 26.7 Å². The van der Waals surface area contributed by atoms with E-state index in [9.17, 15) is 26.7 Å². The van der Waals surface area contributed by atoms with Crippen molar-refractivity contribution in [2.24, 2.45) is 0 Å². The Morgan fingerprint density at radius 1 is 0.875 bits per heavy atom. The summed E-state index contributed by atoms with van der Waals surface area (Å²) in [6.45, 7) is 0. The predicted molar refractivity (Wildman–Crippen MR) is 80.4 cm³/mol. The Morgan fingerprint density at radius 3 is 1.96 bits per heavy atom. The number of carbonyl (C=O) groups excluding carboxylic acids is 1. The van der Waals surface area contributed by atoms with Crippen LogP contribution in [0.1, 0.15) is 5.56 Å². The fraction of sp³-hybridized carbons (Fsp3) is 0. The summed E-state index contributed by atoms with van der Waals surface area (Å²) in [7, 11) is 0. The molecular formula is C15H6Cl2F5NO. The zero-order valence-electron chi connectivity index (χ0n) is 11.4. The summed E-state index contributed by atoms with van der Waals surface area (Å²) in [5, 5.41) is 2.09. The molecule has 0 heterocycles. The molecule has 0 bridgehead atoms. The summed E-state index contributed by atoms with van der Waals surface area (Å²) >= 11 is 11.5. The molecule has 126 valence electrons. The molecule has 2 aromatic carbocycles. The summed E-state index contributed by atoms with van der Waals surface area (Å²) in [6, 6.07) is 4.36. The van der Waals surface area contributed by atoms with E-state index in [1.165, 1.54) is 24.3 Å². The van der Waals surface area contributed by atoms with Gasteiger partial charge in [0.25, 0.3) is 0 Å². The topological polar surface area (TPSA) is 29.1 Å². The number of nitrogens with one attached hydrogen (secondary N) is 1. The first-order valence-corrected chi connectivity index (χ1v) is 6.93. The van der Waals surface area contributed by atoms with E-state index < -0.39 is 40.7 Å². The lowest BCUT2D eigenvalue weighted by Crippen LogP contribution is -2.14. The Bertz CT molecular complexity index is 825. The van der Waals surface area contributed by atoms with Crippen LogP contribution in [-0.4, -0.2) is 5.91 Å². The van der Waals surface area contributed by atoms with Crippen LogP contribution in [0.25, 0.3) is 6.08 Å². The van der Waals surface area contributed by atoms with Crippen LogP contribution in [0.15, 0.2) is 24.3 Å². The van der Waals surface area contributed by atoms with Gasteiger partial charge in [-0.15, -0.1) is 0 Å². The monoisotopic (exact) mass is 381 g/mol. The van der Waals surface area contributed by atoms with Crippen LogP contribution in [0.4, 0.5) is 27.6 Å². The molecule has 0 aromatic heterocycles. The first-order valence-electron chi connectivity index (χ1n) is 6.18. The highest BCUT2D eigenvalue weighted by Gasteiger charge is 2.26. The van der Waals surface area contributed by atoms with E-state index in [1.54, 1.807) is 5.32 Å². The Labute approximate surface area is 142 Å². The van der Waals surface area contributed by atoms with Crippen molar-refractivity contribution in [1.29, 1.82) is 0 Å². The lowest BCUT2D eigenvalue weighted by Gasteiger charge is -2.08. The molecule has 0 radical (unpaired) electrons. The summed E-state index contributed by atoms with van der Waals surface area (Å²) in [4.78, 5) is 11.6. The molecule has 0 spiro atoms. The normalized spacial score (nSPS) is 11.1. The Balaban J connectivity index is 2.24. The lowest BCUT2D eigenvalue weighted by molar-refractivity contribution is -0.111. The molecule has 0 aliphatic carbocycles. The van der Waals surface area contributed by atoms with Crippen LogP contribution in [0, 0.1) is 29.1 Å². The van der Waals surface area contributed by atoms with E-state index in [4.69, 9.17) is 23.2 Å². The number of rotatable bonds is 3. The first kappa shape index (κ1) is 18.2. The molecule has 0 unspecified atom stereocenters. The van der Waals surface area contributed by atoms with Gasteiger partial charge in [-0.3, -0.25) is 4.79 Å². The van der Waals surface area contributed by atoms with Crippen LogP contribution < -0.4 is 5.32 Å². The second-order valence-electron chi connectivity index (χ2n) is 4.44. The molecule has 0 aliphatic heterocycles. The van der Waals surface area contributed by atoms with Crippen LogP contribution in [0.5, 0.6) is 0 Å². The molecular weight excluding hydrogens is 376 g/mol. The van der Waals surface area contributed by atoms with Gasteiger partial charge in [-0.05, 0) is 23.8 Å². The number of carbonyl (C=O) groups is 1. The summed E-state index contributed by atoms with van der Waals surface area (Å²) in [6.07, 6.45) is 2.04. The molecule has 0 fully saturated rings. The van der Waals surface area contributed by atoms with Crippen molar-refractivity contribution in [3.63, 3.8) is 0 Å². The maximum atomic E-state index is 13.4. The van der Waals surface area contributed by atoms with Gasteiger partial charge in [-0.1, -0.05) is 29.3 Å². The molecule has 1 N–H and O–H groups in total. The molecule has 2 nitrogen and oxygen atoms in total. The number of hydrogen-bond donors (Lipinski definition) is 1. The van der Waals surface area contributed by atoms with Gasteiger partial charge in [0.2, 0.25) is 11.7 Å².